The zero-order chi connectivity index (χ0) is 13.9. The molecule has 0 unspecified atom stereocenters. The lowest BCUT2D eigenvalue weighted by Gasteiger charge is -2.11. The number of aryl methyl sites for hydroxylation is 1. The summed E-state index contributed by atoms with van der Waals surface area (Å²) in [6, 6.07) is 19.6. The zero-order valence-corrected chi connectivity index (χ0v) is 12.1. The molecule has 0 saturated heterocycles. The van der Waals surface area contributed by atoms with Gasteiger partial charge in [-0.2, -0.15) is 0 Å². The Kier molecular flexibility index (Phi) is 3.57. The van der Waals surface area contributed by atoms with Gasteiger partial charge in [0.05, 0.1) is 0 Å². The first-order valence-corrected chi connectivity index (χ1v) is 7.05. The largest absolute Gasteiger partial charge is 0.339 e. The van der Waals surface area contributed by atoms with Crippen LogP contribution in [0.5, 0.6) is 0 Å². The maximum absolute atomic E-state index is 3.26. The number of nitrogens with zero attached hydrogens (tertiary/aromatic N) is 1. The van der Waals surface area contributed by atoms with Crippen LogP contribution in [0.25, 0.3) is 10.9 Å². The molecule has 1 aromatic heterocycles. The number of rotatable bonds is 4. The molecule has 0 amide bonds. The fraction of sp³-hybridized carbons (Fsp3) is 0.222. The molecule has 0 atom stereocenters. The zero-order valence-electron chi connectivity index (χ0n) is 12.1. The number of fused-ring (bicyclic) bond motifs is 1. The van der Waals surface area contributed by atoms with Crippen LogP contribution < -0.4 is 5.32 Å². The van der Waals surface area contributed by atoms with Crippen LogP contribution in [-0.4, -0.2) is 11.6 Å². The first kappa shape index (κ1) is 12.9. The highest BCUT2D eigenvalue weighted by atomic mass is 15.0. The van der Waals surface area contributed by atoms with Crippen LogP contribution in [0.3, 0.4) is 0 Å². The van der Waals surface area contributed by atoms with Gasteiger partial charge < -0.3 is 9.88 Å². The molecule has 0 aliphatic carbocycles. The molecular weight excluding hydrogens is 244 g/mol. The Balaban J connectivity index is 2.06. The van der Waals surface area contributed by atoms with Crippen LogP contribution in [0.2, 0.25) is 0 Å². The second kappa shape index (κ2) is 5.51. The van der Waals surface area contributed by atoms with Gasteiger partial charge in [0.25, 0.3) is 0 Å². The van der Waals surface area contributed by atoms with E-state index in [0.717, 1.165) is 13.1 Å². The summed E-state index contributed by atoms with van der Waals surface area (Å²) >= 11 is 0. The lowest BCUT2D eigenvalue weighted by molar-refractivity contribution is 0.709. The van der Waals surface area contributed by atoms with Gasteiger partial charge in [-0.1, -0.05) is 48.0 Å². The molecule has 3 rings (SSSR count). The van der Waals surface area contributed by atoms with Crippen LogP contribution in [0.4, 0.5) is 0 Å². The Morgan fingerprint density at radius 2 is 1.85 bits per heavy atom. The van der Waals surface area contributed by atoms with E-state index in [4.69, 9.17) is 0 Å². The van der Waals surface area contributed by atoms with Gasteiger partial charge in [0.1, 0.15) is 0 Å². The average Bonchev–Trinajstić information content (AvgIpc) is 2.78. The maximum atomic E-state index is 3.26. The van der Waals surface area contributed by atoms with Crippen molar-refractivity contribution in [2.45, 2.75) is 20.0 Å². The molecule has 0 aliphatic rings. The summed E-state index contributed by atoms with van der Waals surface area (Å²) in [4.78, 5) is 0. The van der Waals surface area contributed by atoms with Gasteiger partial charge in [-0.15, -0.1) is 0 Å². The van der Waals surface area contributed by atoms with Crippen molar-refractivity contribution in [3.8, 4) is 0 Å². The van der Waals surface area contributed by atoms with Crippen LogP contribution in [-0.2, 0) is 13.1 Å². The van der Waals surface area contributed by atoms with E-state index in [2.05, 4.69) is 71.4 Å². The molecular formula is C18H20N2. The lowest BCUT2D eigenvalue weighted by Crippen LogP contribution is -2.11. The van der Waals surface area contributed by atoms with Crippen molar-refractivity contribution in [3.05, 3.63) is 71.4 Å². The number of hydrogen-bond acceptors (Lipinski definition) is 1. The monoisotopic (exact) mass is 264 g/mol. The second-order valence-corrected chi connectivity index (χ2v) is 5.30. The van der Waals surface area contributed by atoms with Crippen LogP contribution in [0.15, 0.2) is 54.6 Å². The molecule has 1 heterocycles. The highest BCUT2D eigenvalue weighted by Crippen LogP contribution is 2.21. The van der Waals surface area contributed by atoms with Gasteiger partial charge >= 0.3 is 0 Å². The molecule has 2 nitrogen and oxygen atoms in total. The van der Waals surface area contributed by atoms with Gasteiger partial charge in [0.15, 0.2) is 0 Å². The third-order valence-electron chi connectivity index (χ3n) is 3.68. The topological polar surface area (TPSA) is 17.0 Å². The van der Waals surface area contributed by atoms with E-state index in [9.17, 15) is 0 Å². The fourth-order valence-electron chi connectivity index (χ4n) is 2.77. The molecule has 0 aliphatic heterocycles. The fourth-order valence-corrected chi connectivity index (χ4v) is 2.77. The van der Waals surface area contributed by atoms with E-state index in [1.807, 2.05) is 7.05 Å². The quantitative estimate of drug-likeness (QED) is 0.760. The molecule has 2 heteroatoms. The Bertz CT molecular complexity index is 725. The minimum Gasteiger partial charge on any atom is -0.339 e. The third-order valence-corrected chi connectivity index (χ3v) is 3.68. The Hall–Kier alpha value is -2.06. The van der Waals surface area contributed by atoms with Gasteiger partial charge in [0, 0.05) is 24.3 Å². The number of para-hydroxylation sites is 1. The molecule has 0 radical (unpaired) electrons. The molecule has 3 aromatic rings. The van der Waals surface area contributed by atoms with Crippen molar-refractivity contribution < 1.29 is 0 Å². The summed E-state index contributed by atoms with van der Waals surface area (Å²) in [5, 5.41) is 4.57. The van der Waals surface area contributed by atoms with Gasteiger partial charge in [-0.25, -0.2) is 0 Å². The predicted octanol–water partition coefficient (Wildman–Crippen LogP) is 3.72. The molecule has 0 bridgehead atoms. The van der Waals surface area contributed by atoms with Crippen molar-refractivity contribution in [1.29, 1.82) is 0 Å². The molecule has 20 heavy (non-hydrogen) atoms. The van der Waals surface area contributed by atoms with Gasteiger partial charge in [-0.05, 0) is 37.1 Å². The first-order valence-electron chi connectivity index (χ1n) is 7.05. The van der Waals surface area contributed by atoms with E-state index in [0.29, 0.717) is 0 Å². The molecule has 102 valence electrons. The average molecular weight is 264 g/mol. The van der Waals surface area contributed by atoms with Crippen molar-refractivity contribution in [2.24, 2.45) is 0 Å². The minimum absolute atomic E-state index is 0.889. The van der Waals surface area contributed by atoms with Crippen molar-refractivity contribution in [1.82, 2.24) is 9.88 Å². The molecule has 0 saturated carbocycles. The number of nitrogens with one attached hydrogen (secondary N) is 1. The Morgan fingerprint density at radius 3 is 2.65 bits per heavy atom. The highest BCUT2D eigenvalue weighted by molar-refractivity contribution is 5.81. The van der Waals surface area contributed by atoms with Gasteiger partial charge in [-0.3, -0.25) is 0 Å². The van der Waals surface area contributed by atoms with E-state index < -0.39 is 0 Å². The van der Waals surface area contributed by atoms with Crippen LogP contribution in [0.1, 0.15) is 16.8 Å². The van der Waals surface area contributed by atoms with Gasteiger partial charge in [0.2, 0.25) is 0 Å². The minimum atomic E-state index is 0.889. The normalized spacial score (nSPS) is 11.1. The summed E-state index contributed by atoms with van der Waals surface area (Å²) in [7, 11) is 1.99. The summed E-state index contributed by atoms with van der Waals surface area (Å²) < 4.78 is 2.40. The van der Waals surface area contributed by atoms with E-state index in [1.165, 1.54) is 27.7 Å². The molecule has 2 aromatic carbocycles. The molecule has 1 N–H and O–H groups in total. The lowest BCUT2D eigenvalue weighted by atomic mass is 10.1. The third kappa shape index (κ3) is 2.47. The molecule has 0 spiro atoms. The van der Waals surface area contributed by atoms with E-state index >= 15 is 0 Å². The summed E-state index contributed by atoms with van der Waals surface area (Å²) in [5.74, 6) is 0. The summed E-state index contributed by atoms with van der Waals surface area (Å²) in [6.45, 7) is 3.96. The van der Waals surface area contributed by atoms with Crippen LogP contribution in [0, 0.1) is 6.92 Å². The highest BCUT2D eigenvalue weighted by Gasteiger charge is 2.08. The number of hydrogen-bond donors (Lipinski definition) is 1. The first-order chi connectivity index (χ1) is 9.78. The smallest absolute Gasteiger partial charge is 0.0486 e. The molecule has 0 fully saturated rings. The standard InChI is InChI=1S/C18H20N2/c1-14-6-5-7-15(10-14)13-20-17(12-19-2)11-16-8-3-4-9-18(16)20/h3-11,19H,12-13H2,1-2H3. The number of benzene rings is 2. The number of aromatic nitrogens is 1. The predicted molar refractivity (Wildman–Crippen MR) is 85.0 cm³/mol. The van der Waals surface area contributed by atoms with Crippen molar-refractivity contribution in [2.75, 3.05) is 7.05 Å². The Morgan fingerprint density at radius 1 is 1.00 bits per heavy atom. The summed E-state index contributed by atoms with van der Waals surface area (Å²) in [5.41, 5.74) is 5.30. The van der Waals surface area contributed by atoms with E-state index in [1.54, 1.807) is 0 Å². The summed E-state index contributed by atoms with van der Waals surface area (Å²) in [6.07, 6.45) is 0. The van der Waals surface area contributed by atoms with Crippen LogP contribution >= 0.6 is 0 Å². The van der Waals surface area contributed by atoms with Crippen molar-refractivity contribution >= 4 is 10.9 Å². The second-order valence-electron chi connectivity index (χ2n) is 5.30. The van der Waals surface area contributed by atoms with Crippen molar-refractivity contribution in [3.63, 3.8) is 0 Å². The van der Waals surface area contributed by atoms with E-state index in [-0.39, 0.29) is 0 Å². The SMILES string of the molecule is CNCc1cc2ccccc2n1Cc1cccc(C)c1. The Labute approximate surface area is 120 Å². The maximum Gasteiger partial charge on any atom is 0.0486 e.